The summed E-state index contributed by atoms with van der Waals surface area (Å²) in [7, 11) is 0. The number of rotatable bonds is 8. The maximum absolute atomic E-state index is 14.9. The van der Waals surface area contributed by atoms with E-state index >= 15 is 0 Å². The number of ether oxygens (including phenoxy) is 1. The smallest absolute Gasteiger partial charge is 0.310 e. The number of allylic oxidation sites excluding steroid dienone is 2. The van der Waals surface area contributed by atoms with Gasteiger partial charge in [-0.3, -0.25) is 4.79 Å². The van der Waals surface area contributed by atoms with Crippen molar-refractivity contribution >= 4 is 5.97 Å². The van der Waals surface area contributed by atoms with E-state index in [9.17, 15) is 23.8 Å². The van der Waals surface area contributed by atoms with Crippen LogP contribution in [0.1, 0.15) is 52.4 Å². The van der Waals surface area contributed by atoms with Gasteiger partial charge in [0.05, 0.1) is 18.1 Å². The van der Waals surface area contributed by atoms with Crippen molar-refractivity contribution in [1.29, 1.82) is 0 Å². The van der Waals surface area contributed by atoms with Crippen LogP contribution in [0, 0.1) is 29.6 Å². The molecule has 0 aromatic rings. The molecule has 7 heteroatoms. The van der Waals surface area contributed by atoms with Crippen LogP contribution >= 0.6 is 0 Å². The predicted octanol–water partition coefficient (Wildman–Crippen LogP) is 3.51. The first-order chi connectivity index (χ1) is 13.7. The minimum atomic E-state index is -3.25. The number of aliphatic hydroxyl groups excluding tert-OH is 2. The van der Waals surface area contributed by atoms with E-state index in [1.807, 2.05) is 13.8 Å². The fraction of sp³-hybridized carbons (Fsp3) is 0.682. The lowest BCUT2D eigenvalue weighted by molar-refractivity contribution is -0.137. The number of alkyl halides is 2. The summed E-state index contributed by atoms with van der Waals surface area (Å²) in [6.07, 6.45) is 3.28. The van der Waals surface area contributed by atoms with Crippen molar-refractivity contribution < 1.29 is 33.6 Å². The highest BCUT2D eigenvalue weighted by Crippen LogP contribution is 2.54. The molecule has 0 spiro atoms. The first-order valence-electron chi connectivity index (χ1n) is 10.2. The van der Waals surface area contributed by atoms with Crippen molar-refractivity contribution in [1.82, 2.24) is 0 Å². The fourth-order valence-corrected chi connectivity index (χ4v) is 3.86. The number of aliphatic hydroxyl groups is 2. The molecule has 0 unspecified atom stereocenters. The molecule has 1 aliphatic carbocycles. The summed E-state index contributed by atoms with van der Waals surface area (Å²) >= 11 is 0. The highest BCUT2D eigenvalue weighted by molar-refractivity contribution is 5.66. The van der Waals surface area contributed by atoms with E-state index in [2.05, 4.69) is 11.8 Å². The Hall–Kier alpha value is -1.91. The van der Waals surface area contributed by atoms with Crippen LogP contribution in [0.3, 0.4) is 0 Å². The average Bonchev–Trinajstić information content (AvgIpc) is 3.09. The lowest BCUT2D eigenvalue weighted by Gasteiger charge is -2.23. The highest BCUT2D eigenvalue weighted by atomic mass is 19.3. The molecule has 29 heavy (non-hydrogen) atoms. The molecule has 2 aliphatic rings. The maximum atomic E-state index is 14.9. The molecule has 2 rings (SSSR count). The van der Waals surface area contributed by atoms with Gasteiger partial charge in [0.15, 0.2) is 5.76 Å². The molecular formula is C22H30F2O5. The maximum Gasteiger partial charge on any atom is 0.310 e. The quantitative estimate of drug-likeness (QED) is 0.323. The first kappa shape index (κ1) is 23.4. The zero-order valence-corrected chi connectivity index (χ0v) is 16.9. The van der Waals surface area contributed by atoms with E-state index in [-0.39, 0.29) is 31.6 Å². The molecule has 3 N–H and O–H groups in total. The van der Waals surface area contributed by atoms with Crippen LogP contribution in [0.2, 0.25) is 0 Å². The van der Waals surface area contributed by atoms with Crippen LogP contribution in [-0.2, 0) is 9.53 Å². The first-order valence-corrected chi connectivity index (χ1v) is 10.2. The molecular weight excluding hydrogens is 382 g/mol. The third-order valence-corrected chi connectivity index (χ3v) is 5.52. The van der Waals surface area contributed by atoms with Crippen LogP contribution in [0.5, 0.6) is 0 Å². The van der Waals surface area contributed by atoms with Gasteiger partial charge in [-0.1, -0.05) is 26.0 Å². The Morgan fingerprint density at radius 2 is 2.14 bits per heavy atom. The molecule has 2 fully saturated rings. The zero-order valence-electron chi connectivity index (χ0n) is 16.9. The van der Waals surface area contributed by atoms with Gasteiger partial charge in [-0.2, -0.15) is 8.78 Å². The Balaban J connectivity index is 2.05. The van der Waals surface area contributed by atoms with Gasteiger partial charge >= 0.3 is 11.9 Å². The minimum Gasteiger partial charge on any atom is -0.488 e. The highest BCUT2D eigenvalue weighted by Gasteiger charge is 2.63. The van der Waals surface area contributed by atoms with E-state index in [0.29, 0.717) is 6.42 Å². The number of halogens is 2. The van der Waals surface area contributed by atoms with Gasteiger partial charge in [-0.15, -0.1) is 11.8 Å². The van der Waals surface area contributed by atoms with Crippen LogP contribution in [0.4, 0.5) is 8.78 Å². The standard InChI is InChI=1S/C22H30F2O5/c1-3-4-5-8-14(2)16(25)12-11-15-17(26)13-18-21(15)22(23,24)19(29-18)9-6-7-10-20(27)28/h9,11-12,14-18,21,25-26H,3,6-8,10,13H2,1-2H3,(H,27,28)/b12-11+,19-9+/t14-,15+,16-,17-,18+,21-/m1/s1. The number of aliphatic carboxylic acids is 1. The molecule has 1 saturated carbocycles. The molecule has 162 valence electrons. The summed E-state index contributed by atoms with van der Waals surface area (Å²) in [5, 5.41) is 29.2. The number of unbranched alkanes of at least 4 members (excludes halogenated alkanes) is 1. The number of carboxylic acids is 1. The molecule has 1 aliphatic heterocycles. The molecule has 0 amide bonds. The van der Waals surface area contributed by atoms with E-state index in [1.54, 1.807) is 0 Å². The third-order valence-electron chi connectivity index (χ3n) is 5.52. The molecule has 0 radical (unpaired) electrons. The van der Waals surface area contributed by atoms with Gasteiger partial charge in [-0.05, 0) is 24.8 Å². The van der Waals surface area contributed by atoms with Crippen molar-refractivity contribution in [3.63, 3.8) is 0 Å². The molecule has 5 nitrogen and oxygen atoms in total. The van der Waals surface area contributed by atoms with Crippen LogP contribution in [0.25, 0.3) is 0 Å². The fourth-order valence-electron chi connectivity index (χ4n) is 3.86. The van der Waals surface area contributed by atoms with Crippen molar-refractivity contribution in [2.45, 2.75) is 76.6 Å². The third kappa shape index (κ3) is 5.80. The zero-order chi connectivity index (χ0) is 21.6. The number of carbonyl (C=O) groups is 1. The second-order valence-electron chi connectivity index (χ2n) is 7.80. The minimum absolute atomic E-state index is 0.0923. The largest absolute Gasteiger partial charge is 0.488 e. The summed E-state index contributed by atoms with van der Waals surface area (Å²) < 4.78 is 35.3. The Bertz CT molecular complexity index is 691. The summed E-state index contributed by atoms with van der Waals surface area (Å²) in [4.78, 5) is 10.5. The van der Waals surface area contributed by atoms with Gasteiger partial charge < -0.3 is 20.1 Å². The summed E-state index contributed by atoms with van der Waals surface area (Å²) in [5.41, 5.74) is 0. The average molecular weight is 412 g/mol. The molecule has 6 atom stereocenters. The number of carboxylic acid groups (broad SMARTS) is 1. The summed E-state index contributed by atoms with van der Waals surface area (Å²) in [6.45, 7) is 3.77. The van der Waals surface area contributed by atoms with Crippen molar-refractivity contribution in [2.24, 2.45) is 17.8 Å². The van der Waals surface area contributed by atoms with Crippen molar-refractivity contribution in [3.8, 4) is 11.8 Å². The molecule has 0 bridgehead atoms. The normalized spacial score (nSPS) is 31.2. The summed E-state index contributed by atoms with van der Waals surface area (Å²) in [6, 6.07) is 0. The SMILES string of the molecule is CCC#CC[C@@H](C)[C@H](O)/C=C/[C@@H]1[C@@H]2[C@H](C[C@H]1O)O/C(=C/CCCC(=O)O)C2(F)F. The monoisotopic (exact) mass is 412 g/mol. The Morgan fingerprint density at radius 3 is 2.79 bits per heavy atom. The van der Waals surface area contributed by atoms with E-state index in [4.69, 9.17) is 9.84 Å². The second-order valence-corrected chi connectivity index (χ2v) is 7.80. The lowest BCUT2D eigenvalue weighted by Crippen LogP contribution is -2.33. The van der Waals surface area contributed by atoms with Gasteiger partial charge in [-0.25, -0.2) is 0 Å². The van der Waals surface area contributed by atoms with E-state index in [0.717, 1.165) is 6.42 Å². The Kier molecular flexibility index (Phi) is 8.23. The predicted molar refractivity (Wildman–Crippen MR) is 104 cm³/mol. The van der Waals surface area contributed by atoms with Gasteiger partial charge in [0.25, 0.3) is 0 Å². The Labute approximate surface area is 170 Å². The number of fused-ring (bicyclic) bond motifs is 1. The molecule has 1 saturated heterocycles. The van der Waals surface area contributed by atoms with Gasteiger partial charge in [0.2, 0.25) is 0 Å². The van der Waals surface area contributed by atoms with Crippen LogP contribution < -0.4 is 0 Å². The van der Waals surface area contributed by atoms with Gasteiger partial charge in [0, 0.05) is 31.6 Å². The van der Waals surface area contributed by atoms with Crippen molar-refractivity contribution in [3.05, 3.63) is 24.0 Å². The molecule has 0 aromatic heterocycles. The van der Waals surface area contributed by atoms with E-state index in [1.165, 1.54) is 18.2 Å². The number of hydrogen-bond donors (Lipinski definition) is 3. The Morgan fingerprint density at radius 1 is 1.41 bits per heavy atom. The van der Waals surface area contributed by atoms with Gasteiger partial charge in [0.1, 0.15) is 6.10 Å². The van der Waals surface area contributed by atoms with E-state index < -0.39 is 47.8 Å². The summed E-state index contributed by atoms with van der Waals surface area (Å²) in [5.74, 6) is -0.947. The van der Waals surface area contributed by atoms with Crippen LogP contribution in [-0.4, -0.2) is 45.5 Å². The molecule has 0 aromatic carbocycles. The second kappa shape index (κ2) is 10.2. The molecule has 1 heterocycles. The number of hydrogen-bond acceptors (Lipinski definition) is 4. The topological polar surface area (TPSA) is 87.0 Å². The van der Waals surface area contributed by atoms with Crippen LogP contribution in [0.15, 0.2) is 24.0 Å². The van der Waals surface area contributed by atoms with Crippen molar-refractivity contribution in [2.75, 3.05) is 0 Å². The lowest BCUT2D eigenvalue weighted by atomic mass is 9.87.